The minimum atomic E-state index is -4.68. The topological polar surface area (TPSA) is 73.7 Å². The third-order valence-corrected chi connectivity index (χ3v) is 3.49. The smallest absolute Gasteiger partial charge is 0.418 e. The second-order valence-corrected chi connectivity index (χ2v) is 5.16. The number of aromatic nitrogens is 1. The van der Waals surface area contributed by atoms with E-state index >= 15 is 0 Å². The quantitative estimate of drug-likeness (QED) is 0.888. The number of alkyl halides is 3. The molecule has 0 aliphatic carbocycles. The second-order valence-electron chi connectivity index (χ2n) is 5.16. The van der Waals surface area contributed by atoms with Crippen molar-refractivity contribution >= 4 is 5.97 Å². The summed E-state index contributed by atoms with van der Waals surface area (Å²) in [6.07, 6.45) is -4.79. The molecular weight excluding hydrogens is 289 g/mol. The summed E-state index contributed by atoms with van der Waals surface area (Å²) in [6, 6.07) is 4.35. The molecule has 1 aliphatic heterocycles. The van der Waals surface area contributed by atoms with Gasteiger partial charge in [-0.1, -0.05) is 6.07 Å². The molecule has 116 valence electrons. The molecule has 2 N–H and O–H groups in total. The highest BCUT2D eigenvalue weighted by Crippen LogP contribution is 2.37. The van der Waals surface area contributed by atoms with E-state index in [0.717, 1.165) is 0 Å². The molecular formula is C13H15F3N2O3. The van der Waals surface area contributed by atoms with E-state index in [2.05, 4.69) is 4.98 Å². The minimum absolute atomic E-state index is 0.0690. The Morgan fingerprint density at radius 2 is 2.14 bits per heavy atom. The fourth-order valence-corrected chi connectivity index (χ4v) is 2.41. The van der Waals surface area contributed by atoms with E-state index < -0.39 is 24.3 Å². The van der Waals surface area contributed by atoms with Gasteiger partial charge in [0.05, 0.1) is 5.69 Å². The van der Waals surface area contributed by atoms with Crippen molar-refractivity contribution in [1.29, 1.82) is 0 Å². The molecule has 1 atom stereocenters. The maximum Gasteiger partial charge on any atom is 0.418 e. The summed E-state index contributed by atoms with van der Waals surface area (Å²) in [4.78, 5) is 16.1. The number of hydrogen-bond acceptors (Lipinski definition) is 4. The zero-order chi connectivity index (χ0) is 15.7. The van der Waals surface area contributed by atoms with Crippen molar-refractivity contribution in [3.05, 3.63) is 29.6 Å². The first-order chi connectivity index (χ1) is 9.71. The number of nitrogens with zero attached hydrogens (tertiary/aromatic N) is 2. The lowest BCUT2D eigenvalue weighted by Gasteiger charge is -2.39. The monoisotopic (exact) mass is 304 g/mol. The van der Waals surface area contributed by atoms with Crippen LogP contribution in [0.2, 0.25) is 0 Å². The van der Waals surface area contributed by atoms with Gasteiger partial charge >= 0.3 is 12.1 Å². The van der Waals surface area contributed by atoms with Crippen LogP contribution in [0, 0.1) is 0 Å². The lowest BCUT2D eigenvalue weighted by atomic mass is 9.92. The molecule has 0 radical (unpaired) electrons. The lowest BCUT2D eigenvalue weighted by molar-refractivity contribution is -0.274. The summed E-state index contributed by atoms with van der Waals surface area (Å²) >= 11 is 0. The number of pyridine rings is 1. The first-order valence-electron chi connectivity index (χ1n) is 6.42. The van der Waals surface area contributed by atoms with E-state index in [1.54, 1.807) is 6.07 Å². The average Bonchev–Trinajstić information content (AvgIpc) is 2.38. The van der Waals surface area contributed by atoms with Gasteiger partial charge in [0.1, 0.15) is 5.69 Å². The Balaban J connectivity index is 2.10. The van der Waals surface area contributed by atoms with E-state index in [-0.39, 0.29) is 25.1 Å². The van der Waals surface area contributed by atoms with Gasteiger partial charge in [0.25, 0.3) is 0 Å². The van der Waals surface area contributed by atoms with Crippen molar-refractivity contribution in [1.82, 2.24) is 9.88 Å². The molecule has 1 aromatic heterocycles. The van der Waals surface area contributed by atoms with E-state index in [0.29, 0.717) is 12.2 Å². The van der Waals surface area contributed by atoms with E-state index in [1.807, 2.05) is 0 Å². The summed E-state index contributed by atoms with van der Waals surface area (Å²) in [6.45, 7) is -0.0631. The zero-order valence-corrected chi connectivity index (χ0v) is 11.1. The van der Waals surface area contributed by atoms with Gasteiger partial charge in [-0.3, -0.25) is 4.90 Å². The van der Waals surface area contributed by atoms with Gasteiger partial charge in [-0.25, -0.2) is 9.78 Å². The third kappa shape index (κ3) is 3.51. The number of halogens is 3. The molecule has 5 nitrogen and oxygen atoms in total. The predicted molar refractivity (Wildman–Crippen MR) is 66.7 cm³/mol. The lowest BCUT2D eigenvalue weighted by Crippen LogP contribution is -2.56. The number of aromatic carboxylic acids is 1. The number of carboxylic acids is 1. The van der Waals surface area contributed by atoms with E-state index in [1.165, 1.54) is 17.0 Å². The van der Waals surface area contributed by atoms with Gasteiger partial charge in [0.15, 0.2) is 5.60 Å². The molecule has 1 saturated heterocycles. The number of aliphatic hydroxyl groups is 1. The molecule has 1 fully saturated rings. The molecule has 21 heavy (non-hydrogen) atoms. The van der Waals surface area contributed by atoms with Crippen molar-refractivity contribution in [3.63, 3.8) is 0 Å². The van der Waals surface area contributed by atoms with Crippen molar-refractivity contribution in [3.8, 4) is 0 Å². The highest BCUT2D eigenvalue weighted by Gasteiger charge is 2.55. The van der Waals surface area contributed by atoms with Gasteiger partial charge in [-0.05, 0) is 31.5 Å². The summed E-state index contributed by atoms with van der Waals surface area (Å²) in [5.74, 6) is -1.19. The van der Waals surface area contributed by atoms with E-state index in [4.69, 9.17) is 5.11 Å². The fourth-order valence-electron chi connectivity index (χ4n) is 2.41. The van der Waals surface area contributed by atoms with Crippen LogP contribution in [0.3, 0.4) is 0 Å². The van der Waals surface area contributed by atoms with Crippen LogP contribution in [0.15, 0.2) is 18.2 Å². The van der Waals surface area contributed by atoms with Crippen LogP contribution in [0.25, 0.3) is 0 Å². The Hall–Kier alpha value is -1.67. The largest absolute Gasteiger partial charge is 0.477 e. The first kappa shape index (κ1) is 15.7. The van der Waals surface area contributed by atoms with Crippen LogP contribution in [0.4, 0.5) is 13.2 Å². The van der Waals surface area contributed by atoms with Crippen LogP contribution in [-0.2, 0) is 6.54 Å². The Kier molecular flexibility index (Phi) is 4.20. The Morgan fingerprint density at radius 1 is 1.43 bits per heavy atom. The number of rotatable bonds is 3. The maximum atomic E-state index is 12.8. The van der Waals surface area contributed by atoms with Crippen LogP contribution in [-0.4, -0.2) is 50.9 Å². The molecule has 0 bridgehead atoms. The molecule has 1 aliphatic rings. The standard InChI is InChI=1S/C13H15F3N2O3/c14-13(15,16)12(21)5-2-6-18(8-12)7-9-3-1-4-10(17-9)11(19)20/h1,3-4,21H,2,5-8H2,(H,19,20). The van der Waals surface area contributed by atoms with Gasteiger partial charge in [-0.15, -0.1) is 0 Å². The van der Waals surface area contributed by atoms with Gasteiger partial charge in [-0.2, -0.15) is 13.2 Å². The van der Waals surface area contributed by atoms with Crippen molar-refractivity contribution < 1.29 is 28.2 Å². The fraction of sp³-hybridized carbons (Fsp3) is 0.538. The summed E-state index contributed by atoms with van der Waals surface area (Å²) in [7, 11) is 0. The Labute approximate surface area is 119 Å². The number of piperidine rings is 1. The molecule has 2 heterocycles. The zero-order valence-electron chi connectivity index (χ0n) is 11.1. The third-order valence-electron chi connectivity index (χ3n) is 3.49. The molecule has 0 aromatic carbocycles. The molecule has 0 spiro atoms. The van der Waals surface area contributed by atoms with Crippen LogP contribution < -0.4 is 0 Å². The molecule has 0 saturated carbocycles. The molecule has 1 unspecified atom stereocenters. The highest BCUT2D eigenvalue weighted by atomic mass is 19.4. The number of hydrogen-bond donors (Lipinski definition) is 2. The van der Waals surface area contributed by atoms with E-state index in [9.17, 15) is 23.1 Å². The summed E-state index contributed by atoms with van der Waals surface area (Å²) in [5, 5.41) is 18.6. The number of carbonyl (C=O) groups is 1. The van der Waals surface area contributed by atoms with Crippen molar-refractivity contribution in [2.45, 2.75) is 31.2 Å². The molecule has 8 heteroatoms. The van der Waals surface area contributed by atoms with Crippen LogP contribution in [0.5, 0.6) is 0 Å². The summed E-state index contributed by atoms with van der Waals surface area (Å²) < 4.78 is 38.5. The van der Waals surface area contributed by atoms with Crippen molar-refractivity contribution in [2.24, 2.45) is 0 Å². The first-order valence-corrected chi connectivity index (χ1v) is 6.42. The van der Waals surface area contributed by atoms with Gasteiger partial charge in [0.2, 0.25) is 0 Å². The summed E-state index contributed by atoms with van der Waals surface area (Å²) in [5.41, 5.74) is -2.51. The normalized spacial score (nSPS) is 24.0. The molecule has 1 aromatic rings. The Morgan fingerprint density at radius 3 is 2.76 bits per heavy atom. The number of likely N-dealkylation sites (tertiary alicyclic amines) is 1. The average molecular weight is 304 g/mol. The van der Waals surface area contributed by atoms with Crippen LogP contribution >= 0.6 is 0 Å². The van der Waals surface area contributed by atoms with Crippen molar-refractivity contribution in [2.75, 3.05) is 13.1 Å². The minimum Gasteiger partial charge on any atom is -0.477 e. The van der Waals surface area contributed by atoms with Gasteiger partial charge < -0.3 is 10.2 Å². The van der Waals surface area contributed by atoms with Gasteiger partial charge in [0, 0.05) is 13.1 Å². The molecule has 0 amide bonds. The SMILES string of the molecule is O=C(O)c1cccc(CN2CCCC(O)(C(F)(F)F)C2)n1. The predicted octanol–water partition coefficient (Wildman–Crippen LogP) is 1.67. The second kappa shape index (κ2) is 5.61. The maximum absolute atomic E-state index is 12.8. The highest BCUT2D eigenvalue weighted by molar-refractivity contribution is 5.85. The Bertz CT molecular complexity index is 536. The van der Waals surface area contributed by atoms with Crippen LogP contribution in [0.1, 0.15) is 29.0 Å². The molecule has 2 rings (SSSR count). The number of β-amino-alcohol motifs (C(OH)–C–C–N with tert-alkyl or cyclic N) is 1. The number of carboxylic acid groups (broad SMARTS) is 1.